The van der Waals surface area contributed by atoms with Crippen LogP contribution in [0.5, 0.6) is 11.5 Å². The second-order valence-electron chi connectivity index (χ2n) is 6.24. The van der Waals surface area contributed by atoms with Crippen LogP contribution in [0.25, 0.3) is 11.3 Å². The molecule has 0 fully saturated rings. The van der Waals surface area contributed by atoms with Gasteiger partial charge < -0.3 is 15.2 Å². The molecule has 0 radical (unpaired) electrons. The topological polar surface area (TPSA) is 67.3 Å². The minimum absolute atomic E-state index is 0.0972. The van der Waals surface area contributed by atoms with Gasteiger partial charge in [-0.15, -0.1) is 0 Å². The predicted molar refractivity (Wildman–Crippen MR) is 103 cm³/mol. The van der Waals surface area contributed by atoms with Gasteiger partial charge in [-0.3, -0.25) is 0 Å². The van der Waals surface area contributed by atoms with E-state index in [1.807, 2.05) is 13.8 Å². The molecular formula is C20H27F2N3O2. The number of hydrogen-bond acceptors (Lipinski definition) is 5. The number of phenolic OH excluding ortho intramolecular Hbond substituents is 1. The number of aromatic hydroxyl groups is 1. The molecule has 0 atom stereocenters. The minimum Gasteiger partial charge on any atom is -0.507 e. The maximum atomic E-state index is 12.4. The molecule has 0 aliphatic carbocycles. The first-order valence-corrected chi connectivity index (χ1v) is 9.37. The van der Waals surface area contributed by atoms with Gasteiger partial charge in [0.2, 0.25) is 0 Å². The Bertz CT molecular complexity index is 765. The van der Waals surface area contributed by atoms with Crippen molar-refractivity contribution in [3.63, 3.8) is 0 Å². The highest BCUT2D eigenvalue weighted by Crippen LogP contribution is 2.34. The number of benzene rings is 1. The summed E-state index contributed by atoms with van der Waals surface area (Å²) in [6, 6.07) is 4.41. The highest BCUT2D eigenvalue weighted by Gasteiger charge is 2.18. The molecule has 2 N–H and O–H groups in total. The first-order valence-electron chi connectivity index (χ1n) is 9.37. The third kappa shape index (κ3) is 5.05. The fourth-order valence-electron chi connectivity index (χ4n) is 2.90. The van der Waals surface area contributed by atoms with E-state index < -0.39 is 6.61 Å². The number of nitrogens with one attached hydrogen (secondary N) is 1. The van der Waals surface area contributed by atoms with Crippen molar-refractivity contribution in [2.45, 2.75) is 66.0 Å². The molecule has 1 aromatic carbocycles. The Kier molecular flexibility index (Phi) is 7.33. The standard InChI is InChI=1S/C20H27F2N3O2/c1-5-12(6-2)23-19-16(8-4)24-18(15(7-3)25-19)14-10-9-13(11-17(14)26)27-20(21)22/h9-12,20,26H,5-8H2,1-4H3,(H,23,25). The smallest absolute Gasteiger partial charge is 0.387 e. The van der Waals surface area contributed by atoms with E-state index in [2.05, 4.69) is 23.9 Å². The van der Waals surface area contributed by atoms with Gasteiger partial charge in [-0.25, -0.2) is 9.97 Å². The van der Waals surface area contributed by atoms with Crippen molar-refractivity contribution in [3.05, 3.63) is 29.6 Å². The molecule has 7 heteroatoms. The second-order valence-corrected chi connectivity index (χ2v) is 6.24. The molecule has 5 nitrogen and oxygen atoms in total. The van der Waals surface area contributed by atoms with E-state index >= 15 is 0 Å². The monoisotopic (exact) mass is 379 g/mol. The summed E-state index contributed by atoms with van der Waals surface area (Å²) in [5.41, 5.74) is 2.55. The van der Waals surface area contributed by atoms with Crippen LogP contribution in [-0.2, 0) is 12.8 Å². The van der Waals surface area contributed by atoms with Gasteiger partial charge in [-0.2, -0.15) is 8.78 Å². The van der Waals surface area contributed by atoms with E-state index in [0.29, 0.717) is 30.1 Å². The van der Waals surface area contributed by atoms with Crippen molar-refractivity contribution in [1.29, 1.82) is 0 Å². The lowest BCUT2D eigenvalue weighted by atomic mass is 10.1. The Hall–Kier alpha value is -2.44. The van der Waals surface area contributed by atoms with Crippen molar-refractivity contribution in [3.8, 4) is 22.8 Å². The van der Waals surface area contributed by atoms with Gasteiger partial charge in [0.05, 0.1) is 17.1 Å². The maximum absolute atomic E-state index is 12.4. The number of aryl methyl sites for hydroxylation is 2. The van der Waals surface area contributed by atoms with Crippen LogP contribution in [0.4, 0.5) is 14.6 Å². The molecule has 2 aromatic rings. The molecule has 0 spiro atoms. The molecule has 2 rings (SSSR count). The minimum atomic E-state index is -2.94. The average Bonchev–Trinajstić information content (AvgIpc) is 2.65. The Morgan fingerprint density at radius 2 is 1.70 bits per heavy atom. The van der Waals surface area contributed by atoms with Crippen molar-refractivity contribution in [2.24, 2.45) is 0 Å². The van der Waals surface area contributed by atoms with E-state index in [0.717, 1.165) is 30.0 Å². The maximum Gasteiger partial charge on any atom is 0.387 e. The lowest BCUT2D eigenvalue weighted by Gasteiger charge is -2.20. The van der Waals surface area contributed by atoms with Crippen LogP contribution < -0.4 is 10.1 Å². The first-order chi connectivity index (χ1) is 12.9. The summed E-state index contributed by atoms with van der Waals surface area (Å²) in [4.78, 5) is 9.48. The lowest BCUT2D eigenvalue weighted by Crippen LogP contribution is -2.20. The zero-order valence-electron chi connectivity index (χ0n) is 16.2. The summed E-state index contributed by atoms with van der Waals surface area (Å²) in [6.45, 7) is 5.26. The van der Waals surface area contributed by atoms with Crippen LogP contribution in [-0.4, -0.2) is 27.7 Å². The van der Waals surface area contributed by atoms with Crippen molar-refractivity contribution in [2.75, 3.05) is 5.32 Å². The second kappa shape index (κ2) is 9.48. The number of rotatable bonds is 9. The zero-order valence-corrected chi connectivity index (χ0v) is 16.2. The van der Waals surface area contributed by atoms with Crippen LogP contribution in [0.2, 0.25) is 0 Å². The Morgan fingerprint density at radius 1 is 1.04 bits per heavy atom. The molecule has 0 aliphatic heterocycles. The van der Waals surface area contributed by atoms with Gasteiger partial charge in [0.15, 0.2) is 0 Å². The number of nitrogens with zero attached hydrogens (tertiary/aromatic N) is 2. The van der Waals surface area contributed by atoms with Gasteiger partial charge in [0, 0.05) is 17.7 Å². The summed E-state index contributed by atoms with van der Waals surface area (Å²) in [5, 5.41) is 13.8. The fourth-order valence-corrected chi connectivity index (χ4v) is 2.90. The molecule has 0 aliphatic rings. The molecule has 1 aromatic heterocycles. The molecule has 0 saturated heterocycles. The van der Waals surface area contributed by atoms with Crippen LogP contribution in [0.15, 0.2) is 18.2 Å². The molecule has 148 valence electrons. The highest BCUT2D eigenvalue weighted by atomic mass is 19.3. The lowest BCUT2D eigenvalue weighted by molar-refractivity contribution is -0.0499. The van der Waals surface area contributed by atoms with Crippen molar-refractivity contribution < 1.29 is 18.6 Å². The fraction of sp³-hybridized carbons (Fsp3) is 0.500. The molecule has 1 heterocycles. The molecule has 0 saturated carbocycles. The SMILES string of the molecule is CCc1nc(-c2ccc(OC(F)F)cc2O)c(CC)nc1NC(CC)CC. The van der Waals surface area contributed by atoms with Gasteiger partial charge in [-0.1, -0.05) is 27.7 Å². The number of anilines is 1. The number of ether oxygens (including phenoxy) is 1. The van der Waals surface area contributed by atoms with Crippen LogP contribution in [0.1, 0.15) is 51.9 Å². The molecule has 0 amide bonds. The van der Waals surface area contributed by atoms with Crippen molar-refractivity contribution in [1.82, 2.24) is 9.97 Å². The third-order valence-electron chi connectivity index (χ3n) is 4.49. The Labute approximate surface area is 158 Å². The van der Waals surface area contributed by atoms with E-state index in [-0.39, 0.29) is 11.5 Å². The van der Waals surface area contributed by atoms with Gasteiger partial charge in [-0.05, 0) is 37.8 Å². The van der Waals surface area contributed by atoms with Crippen LogP contribution in [0.3, 0.4) is 0 Å². The van der Waals surface area contributed by atoms with Crippen molar-refractivity contribution >= 4 is 5.82 Å². The van der Waals surface area contributed by atoms with Gasteiger partial charge in [0.1, 0.15) is 17.3 Å². The van der Waals surface area contributed by atoms with E-state index in [1.165, 1.54) is 18.2 Å². The summed E-state index contributed by atoms with van der Waals surface area (Å²) in [5.74, 6) is 0.504. The molecule has 0 bridgehead atoms. The van der Waals surface area contributed by atoms with E-state index in [4.69, 9.17) is 9.97 Å². The van der Waals surface area contributed by atoms with Gasteiger partial charge >= 0.3 is 6.61 Å². The summed E-state index contributed by atoms with van der Waals surface area (Å²) < 4.78 is 29.1. The molecule has 27 heavy (non-hydrogen) atoms. The predicted octanol–water partition coefficient (Wildman–Crippen LogP) is 5.18. The molecule has 0 unspecified atom stereocenters. The largest absolute Gasteiger partial charge is 0.507 e. The van der Waals surface area contributed by atoms with Gasteiger partial charge in [0.25, 0.3) is 0 Å². The number of alkyl halides is 2. The highest BCUT2D eigenvalue weighted by molar-refractivity contribution is 5.71. The van der Waals surface area contributed by atoms with Crippen LogP contribution >= 0.6 is 0 Å². The van der Waals surface area contributed by atoms with E-state index in [9.17, 15) is 13.9 Å². The number of aromatic nitrogens is 2. The number of halogens is 2. The summed E-state index contributed by atoms with van der Waals surface area (Å²) in [6.07, 6.45) is 3.27. The van der Waals surface area contributed by atoms with Crippen LogP contribution in [0, 0.1) is 0 Å². The number of hydrogen-bond donors (Lipinski definition) is 2. The number of phenols is 1. The normalized spacial score (nSPS) is 11.3. The summed E-state index contributed by atoms with van der Waals surface area (Å²) in [7, 11) is 0. The summed E-state index contributed by atoms with van der Waals surface area (Å²) >= 11 is 0. The van der Waals surface area contributed by atoms with E-state index in [1.54, 1.807) is 0 Å². The Morgan fingerprint density at radius 3 is 2.22 bits per heavy atom. The Balaban J connectivity index is 2.47. The average molecular weight is 379 g/mol. The first kappa shape index (κ1) is 20.9. The zero-order chi connectivity index (χ0) is 20.0. The third-order valence-corrected chi connectivity index (χ3v) is 4.49. The molecular weight excluding hydrogens is 352 g/mol. The quantitative estimate of drug-likeness (QED) is 0.629.